The number of hydrogen-bond acceptors (Lipinski definition) is 2. The molecule has 1 aromatic carbocycles. The molecule has 1 heterocycles. The number of nitrogens with one attached hydrogen (secondary N) is 1. The van der Waals surface area contributed by atoms with Gasteiger partial charge in [-0.2, -0.15) is 0 Å². The van der Waals surface area contributed by atoms with Crippen LogP contribution < -0.4 is 5.32 Å². The third-order valence-electron chi connectivity index (χ3n) is 2.21. The molecule has 0 amide bonds. The van der Waals surface area contributed by atoms with E-state index in [4.69, 9.17) is 23.2 Å². The molecule has 2 aromatic rings. The van der Waals surface area contributed by atoms with Gasteiger partial charge in [0.2, 0.25) is 0 Å². The molecule has 0 atom stereocenters. The van der Waals surface area contributed by atoms with Gasteiger partial charge in [0.15, 0.2) is 0 Å². The van der Waals surface area contributed by atoms with Gasteiger partial charge in [-0.3, -0.25) is 4.98 Å². The second-order valence-electron chi connectivity index (χ2n) is 3.34. The second-order valence-corrected chi connectivity index (χ2v) is 4.21. The molecular weight excluding hydrogens is 243 g/mol. The lowest BCUT2D eigenvalue weighted by Crippen LogP contribution is -1.90. The fourth-order valence-electron chi connectivity index (χ4n) is 1.45. The molecule has 82 valence electrons. The fourth-order valence-corrected chi connectivity index (χ4v) is 1.97. The van der Waals surface area contributed by atoms with Crippen LogP contribution in [0.25, 0.3) is 11.3 Å². The first-order valence-electron chi connectivity index (χ1n) is 4.79. The lowest BCUT2D eigenvalue weighted by molar-refractivity contribution is 1.31. The number of anilines is 1. The molecule has 1 N–H and O–H groups in total. The molecule has 0 aliphatic carbocycles. The van der Waals surface area contributed by atoms with E-state index >= 15 is 0 Å². The van der Waals surface area contributed by atoms with Crippen LogP contribution in [0.4, 0.5) is 5.69 Å². The lowest BCUT2D eigenvalue weighted by atomic mass is 10.1. The van der Waals surface area contributed by atoms with Crippen molar-refractivity contribution >= 4 is 28.9 Å². The van der Waals surface area contributed by atoms with Crippen LogP contribution >= 0.6 is 23.2 Å². The Morgan fingerprint density at radius 2 is 1.75 bits per heavy atom. The minimum Gasteiger partial charge on any atom is -0.388 e. The van der Waals surface area contributed by atoms with Crippen LogP contribution in [0.2, 0.25) is 10.0 Å². The summed E-state index contributed by atoms with van der Waals surface area (Å²) in [5, 5.41) is 4.28. The van der Waals surface area contributed by atoms with E-state index in [2.05, 4.69) is 10.3 Å². The normalized spacial score (nSPS) is 10.2. The van der Waals surface area contributed by atoms with Crippen molar-refractivity contribution in [2.75, 3.05) is 12.4 Å². The number of aromatic nitrogens is 1. The maximum atomic E-state index is 5.95. The molecular formula is C12H10Cl2N2. The Bertz CT molecular complexity index is 492. The highest BCUT2D eigenvalue weighted by atomic mass is 35.5. The van der Waals surface area contributed by atoms with Gasteiger partial charge in [-0.1, -0.05) is 23.2 Å². The molecule has 0 aliphatic heterocycles. The van der Waals surface area contributed by atoms with Gasteiger partial charge in [0.05, 0.1) is 5.69 Å². The number of rotatable bonds is 2. The Labute approximate surface area is 104 Å². The fraction of sp³-hybridized carbons (Fsp3) is 0.0833. The van der Waals surface area contributed by atoms with Crippen LogP contribution in [-0.2, 0) is 0 Å². The number of nitrogens with zero attached hydrogens (tertiary/aromatic N) is 1. The summed E-state index contributed by atoms with van der Waals surface area (Å²) in [5.74, 6) is 0. The highest BCUT2D eigenvalue weighted by molar-refractivity contribution is 6.35. The molecule has 4 heteroatoms. The zero-order valence-corrected chi connectivity index (χ0v) is 10.2. The summed E-state index contributed by atoms with van der Waals surface area (Å²) < 4.78 is 0. The number of pyridine rings is 1. The van der Waals surface area contributed by atoms with Crippen molar-refractivity contribution in [3.05, 3.63) is 46.6 Å². The molecule has 2 rings (SSSR count). The van der Waals surface area contributed by atoms with E-state index in [0.717, 1.165) is 16.9 Å². The molecule has 0 radical (unpaired) electrons. The highest BCUT2D eigenvalue weighted by Crippen LogP contribution is 2.27. The predicted molar refractivity (Wildman–Crippen MR) is 69.2 cm³/mol. The van der Waals surface area contributed by atoms with Gasteiger partial charge in [0.25, 0.3) is 0 Å². The molecule has 2 nitrogen and oxygen atoms in total. The quantitative estimate of drug-likeness (QED) is 0.871. The Kier molecular flexibility index (Phi) is 3.32. The summed E-state index contributed by atoms with van der Waals surface area (Å²) in [6.45, 7) is 0. The van der Waals surface area contributed by atoms with E-state index in [9.17, 15) is 0 Å². The van der Waals surface area contributed by atoms with Crippen molar-refractivity contribution in [2.24, 2.45) is 0 Å². The van der Waals surface area contributed by atoms with Crippen molar-refractivity contribution < 1.29 is 0 Å². The molecule has 0 unspecified atom stereocenters. The van der Waals surface area contributed by atoms with E-state index in [1.54, 1.807) is 12.3 Å². The van der Waals surface area contributed by atoms with Gasteiger partial charge < -0.3 is 5.32 Å². The Morgan fingerprint density at radius 3 is 2.38 bits per heavy atom. The third kappa shape index (κ3) is 2.46. The first kappa shape index (κ1) is 11.2. The molecule has 16 heavy (non-hydrogen) atoms. The van der Waals surface area contributed by atoms with Crippen molar-refractivity contribution in [2.45, 2.75) is 0 Å². The molecule has 0 aliphatic rings. The summed E-state index contributed by atoms with van der Waals surface area (Å²) in [6.07, 6.45) is 1.75. The first-order chi connectivity index (χ1) is 7.69. The first-order valence-corrected chi connectivity index (χ1v) is 5.55. The Hall–Kier alpha value is -1.25. The number of benzene rings is 1. The average molecular weight is 253 g/mol. The van der Waals surface area contributed by atoms with Gasteiger partial charge >= 0.3 is 0 Å². The van der Waals surface area contributed by atoms with Gasteiger partial charge in [-0.05, 0) is 30.3 Å². The highest BCUT2D eigenvalue weighted by Gasteiger charge is 2.03. The number of halogens is 2. The molecule has 0 bridgehead atoms. The maximum Gasteiger partial charge on any atom is 0.0723 e. The summed E-state index contributed by atoms with van der Waals surface area (Å²) >= 11 is 11.9. The molecule has 1 aromatic heterocycles. The lowest BCUT2D eigenvalue weighted by Gasteiger charge is -2.05. The monoisotopic (exact) mass is 252 g/mol. The van der Waals surface area contributed by atoms with Crippen molar-refractivity contribution in [3.8, 4) is 11.3 Å². The largest absolute Gasteiger partial charge is 0.388 e. The topological polar surface area (TPSA) is 24.9 Å². The summed E-state index contributed by atoms with van der Waals surface area (Å²) in [7, 11) is 1.87. The summed E-state index contributed by atoms with van der Waals surface area (Å²) in [6, 6.07) is 9.23. The second kappa shape index (κ2) is 4.73. The molecule has 0 saturated heterocycles. The van der Waals surface area contributed by atoms with Crippen LogP contribution in [-0.4, -0.2) is 12.0 Å². The van der Waals surface area contributed by atoms with E-state index in [-0.39, 0.29) is 0 Å². The Balaban J connectivity index is 2.49. The van der Waals surface area contributed by atoms with E-state index in [1.807, 2.05) is 31.3 Å². The SMILES string of the molecule is CNc1ccnc(-c2cc(Cl)cc(Cl)c2)c1. The van der Waals surface area contributed by atoms with Crippen molar-refractivity contribution in [1.29, 1.82) is 0 Å². The van der Waals surface area contributed by atoms with Crippen LogP contribution in [0, 0.1) is 0 Å². The number of hydrogen-bond donors (Lipinski definition) is 1. The van der Waals surface area contributed by atoms with Crippen molar-refractivity contribution in [1.82, 2.24) is 4.98 Å². The predicted octanol–water partition coefficient (Wildman–Crippen LogP) is 4.10. The van der Waals surface area contributed by atoms with Gasteiger partial charge in [0, 0.05) is 34.5 Å². The van der Waals surface area contributed by atoms with E-state index < -0.39 is 0 Å². The van der Waals surface area contributed by atoms with E-state index in [0.29, 0.717) is 10.0 Å². The minimum atomic E-state index is 0.610. The van der Waals surface area contributed by atoms with Crippen LogP contribution in [0.1, 0.15) is 0 Å². The average Bonchev–Trinajstić information content (AvgIpc) is 2.28. The molecule has 0 saturated carbocycles. The molecule has 0 fully saturated rings. The van der Waals surface area contributed by atoms with E-state index in [1.165, 1.54) is 0 Å². The van der Waals surface area contributed by atoms with Gasteiger partial charge in [-0.15, -0.1) is 0 Å². The zero-order valence-electron chi connectivity index (χ0n) is 8.67. The van der Waals surface area contributed by atoms with Crippen molar-refractivity contribution in [3.63, 3.8) is 0 Å². The third-order valence-corrected chi connectivity index (χ3v) is 2.64. The van der Waals surface area contributed by atoms with Crippen LogP contribution in [0.15, 0.2) is 36.5 Å². The molecule has 0 spiro atoms. The van der Waals surface area contributed by atoms with Crippen LogP contribution in [0.3, 0.4) is 0 Å². The minimum absolute atomic E-state index is 0.610. The summed E-state index contributed by atoms with van der Waals surface area (Å²) in [5.41, 5.74) is 2.76. The van der Waals surface area contributed by atoms with Gasteiger partial charge in [0.1, 0.15) is 0 Å². The zero-order chi connectivity index (χ0) is 11.5. The van der Waals surface area contributed by atoms with Crippen LogP contribution in [0.5, 0.6) is 0 Å². The smallest absolute Gasteiger partial charge is 0.0723 e. The summed E-state index contributed by atoms with van der Waals surface area (Å²) in [4.78, 5) is 4.28. The maximum absolute atomic E-state index is 5.95. The standard InChI is InChI=1S/C12H10Cl2N2/c1-15-11-2-3-16-12(7-11)8-4-9(13)6-10(14)5-8/h2-7H,1H3,(H,15,16). The Morgan fingerprint density at radius 1 is 1.06 bits per heavy atom. The van der Waals surface area contributed by atoms with Gasteiger partial charge in [-0.25, -0.2) is 0 Å².